The largest absolute Gasteiger partial charge is 0.293 e. The van der Waals surface area contributed by atoms with Crippen LogP contribution in [0.2, 0.25) is 0 Å². The van der Waals surface area contributed by atoms with Crippen molar-refractivity contribution >= 4 is 0 Å². The molecule has 1 aromatic rings. The van der Waals surface area contributed by atoms with E-state index in [0.29, 0.717) is 0 Å². The van der Waals surface area contributed by atoms with E-state index in [1.807, 2.05) is 0 Å². The van der Waals surface area contributed by atoms with Gasteiger partial charge in [-0.3, -0.25) is 4.90 Å². The van der Waals surface area contributed by atoms with Crippen LogP contribution in [0.3, 0.4) is 0 Å². The van der Waals surface area contributed by atoms with Crippen molar-refractivity contribution in [1.82, 2.24) is 4.90 Å². The zero-order chi connectivity index (χ0) is 11.2. The number of nitrogens with zero attached hydrogens (tertiary/aromatic N) is 1. The molecule has 1 aromatic carbocycles. The van der Waals surface area contributed by atoms with E-state index in [0.717, 1.165) is 12.6 Å². The average molecular weight is 217 g/mol. The molecular weight excluding hydrogens is 194 g/mol. The first-order chi connectivity index (χ1) is 7.90. The molecule has 0 saturated carbocycles. The van der Waals surface area contributed by atoms with Crippen LogP contribution in [0.15, 0.2) is 30.3 Å². The van der Waals surface area contributed by atoms with Gasteiger partial charge in [0.25, 0.3) is 0 Å². The predicted octanol–water partition coefficient (Wildman–Crippen LogP) is 3.84. The molecule has 88 valence electrons. The lowest BCUT2D eigenvalue weighted by atomic mass is 10.1. The van der Waals surface area contributed by atoms with Crippen molar-refractivity contribution in [2.75, 3.05) is 6.54 Å². The van der Waals surface area contributed by atoms with Crippen molar-refractivity contribution < 1.29 is 0 Å². The Bertz CT molecular complexity index is 294. The SMILES string of the molecule is CCCCCCC1CN1Cc1ccccc1. The highest BCUT2D eigenvalue weighted by molar-refractivity contribution is 5.15. The van der Waals surface area contributed by atoms with Crippen LogP contribution in [0, 0.1) is 0 Å². The second kappa shape index (κ2) is 6.05. The summed E-state index contributed by atoms with van der Waals surface area (Å²) in [4.78, 5) is 2.58. The van der Waals surface area contributed by atoms with Crippen LogP contribution in [-0.4, -0.2) is 17.5 Å². The summed E-state index contributed by atoms with van der Waals surface area (Å²) in [5, 5.41) is 0. The van der Waals surface area contributed by atoms with Gasteiger partial charge >= 0.3 is 0 Å². The Labute approximate surface area is 99.5 Å². The van der Waals surface area contributed by atoms with Crippen LogP contribution >= 0.6 is 0 Å². The zero-order valence-corrected chi connectivity index (χ0v) is 10.4. The summed E-state index contributed by atoms with van der Waals surface area (Å²) < 4.78 is 0. The molecule has 1 nitrogen and oxygen atoms in total. The summed E-state index contributed by atoms with van der Waals surface area (Å²) >= 11 is 0. The molecule has 2 rings (SSSR count). The Balaban J connectivity index is 1.61. The van der Waals surface area contributed by atoms with Crippen molar-refractivity contribution in [2.45, 2.75) is 51.6 Å². The van der Waals surface area contributed by atoms with Crippen molar-refractivity contribution in [3.05, 3.63) is 35.9 Å². The summed E-state index contributed by atoms with van der Waals surface area (Å²) in [7, 11) is 0. The fraction of sp³-hybridized carbons (Fsp3) is 0.600. The second-order valence-electron chi connectivity index (χ2n) is 4.92. The minimum absolute atomic E-state index is 0.886. The molecule has 0 N–H and O–H groups in total. The quantitative estimate of drug-likeness (QED) is 0.495. The van der Waals surface area contributed by atoms with Crippen LogP contribution in [0.1, 0.15) is 44.6 Å². The smallest absolute Gasteiger partial charge is 0.0237 e. The minimum atomic E-state index is 0.886. The minimum Gasteiger partial charge on any atom is -0.293 e. The summed E-state index contributed by atoms with van der Waals surface area (Å²) in [5.41, 5.74) is 1.46. The van der Waals surface area contributed by atoms with Gasteiger partial charge in [-0.05, 0) is 12.0 Å². The van der Waals surface area contributed by atoms with Crippen molar-refractivity contribution in [3.63, 3.8) is 0 Å². The molecule has 1 aliphatic rings. The van der Waals surface area contributed by atoms with Gasteiger partial charge in [0.15, 0.2) is 0 Å². The fourth-order valence-electron chi connectivity index (χ4n) is 2.32. The van der Waals surface area contributed by atoms with Crippen molar-refractivity contribution in [2.24, 2.45) is 0 Å². The lowest BCUT2D eigenvalue weighted by Gasteiger charge is -2.03. The highest BCUT2D eigenvalue weighted by Crippen LogP contribution is 2.25. The molecule has 1 heteroatoms. The summed E-state index contributed by atoms with van der Waals surface area (Å²) in [6.07, 6.45) is 7.01. The molecule has 1 heterocycles. The maximum absolute atomic E-state index is 2.58. The molecule has 1 saturated heterocycles. The number of hydrogen-bond donors (Lipinski definition) is 0. The first-order valence-corrected chi connectivity index (χ1v) is 6.68. The molecule has 2 unspecified atom stereocenters. The van der Waals surface area contributed by atoms with E-state index in [2.05, 4.69) is 42.2 Å². The monoisotopic (exact) mass is 217 g/mol. The van der Waals surface area contributed by atoms with Gasteiger partial charge in [0, 0.05) is 19.1 Å². The molecule has 16 heavy (non-hydrogen) atoms. The molecule has 2 atom stereocenters. The maximum Gasteiger partial charge on any atom is 0.0237 e. The van der Waals surface area contributed by atoms with E-state index >= 15 is 0 Å². The van der Waals surface area contributed by atoms with Gasteiger partial charge < -0.3 is 0 Å². The number of hydrogen-bond acceptors (Lipinski definition) is 1. The van der Waals surface area contributed by atoms with Gasteiger partial charge in [-0.2, -0.15) is 0 Å². The molecular formula is C15H23N. The second-order valence-corrected chi connectivity index (χ2v) is 4.92. The highest BCUT2D eigenvalue weighted by Gasteiger charge is 2.32. The van der Waals surface area contributed by atoms with E-state index in [4.69, 9.17) is 0 Å². The van der Waals surface area contributed by atoms with Gasteiger partial charge in [-0.25, -0.2) is 0 Å². The molecule has 0 radical (unpaired) electrons. The Hall–Kier alpha value is -0.820. The number of rotatable bonds is 7. The topological polar surface area (TPSA) is 3.01 Å². The molecule has 1 aliphatic heterocycles. The Morgan fingerprint density at radius 3 is 2.69 bits per heavy atom. The van der Waals surface area contributed by atoms with E-state index in [1.54, 1.807) is 0 Å². The molecule has 0 bridgehead atoms. The zero-order valence-electron chi connectivity index (χ0n) is 10.4. The predicted molar refractivity (Wildman–Crippen MR) is 69.4 cm³/mol. The molecule has 0 aliphatic carbocycles. The van der Waals surface area contributed by atoms with Crippen LogP contribution in [0.4, 0.5) is 0 Å². The van der Waals surface area contributed by atoms with Gasteiger partial charge in [-0.1, -0.05) is 62.9 Å². The van der Waals surface area contributed by atoms with E-state index < -0.39 is 0 Å². The van der Waals surface area contributed by atoms with Crippen molar-refractivity contribution in [3.8, 4) is 0 Å². The Morgan fingerprint density at radius 1 is 1.12 bits per heavy atom. The van der Waals surface area contributed by atoms with E-state index in [9.17, 15) is 0 Å². The molecule has 0 spiro atoms. The van der Waals surface area contributed by atoms with Crippen LogP contribution < -0.4 is 0 Å². The van der Waals surface area contributed by atoms with Crippen LogP contribution in [0.5, 0.6) is 0 Å². The molecule has 0 amide bonds. The fourth-order valence-corrected chi connectivity index (χ4v) is 2.32. The first-order valence-electron chi connectivity index (χ1n) is 6.68. The molecule has 0 aromatic heterocycles. The van der Waals surface area contributed by atoms with E-state index in [1.165, 1.54) is 44.2 Å². The third kappa shape index (κ3) is 3.64. The highest BCUT2D eigenvalue weighted by atomic mass is 15.3. The Kier molecular flexibility index (Phi) is 4.41. The third-order valence-electron chi connectivity index (χ3n) is 3.45. The normalized spacial score (nSPS) is 23.3. The summed E-state index contributed by atoms with van der Waals surface area (Å²) in [6.45, 7) is 4.75. The van der Waals surface area contributed by atoms with Gasteiger partial charge in [-0.15, -0.1) is 0 Å². The summed E-state index contributed by atoms with van der Waals surface area (Å²) in [5.74, 6) is 0. The standard InChI is InChI=1S/C15H23N/c1-2-3-4-8-11-15-13-16(15)12-14-9-6-5-7-10-14/h5-7,9-10,15H,2-4,8,11-13H2,1H3. The average Bonchev–Trinajstić information content (AvgIpc) is 3.04. The summed E-state index contributed by atoms with van der Waals surface area (Å²) in [6, 6.07) is 11.7. The molecule has 1 fully saturated rings. The van der Waals surface area contributed by atoms with Crippen LogP contribution in [-0.2, 0) is 6.54 Å². The lowest BCUT2D eigenvalue weighted by molar-refractivity contribution is 0.473. The van der Waals surface area contributed by atoms with Gasteiger partial charge in [0.1, 0.15) is 0 Å². The number of benzene rings is 1. The first kappa shape index (κ1) is 11.7. The Morgan fingerprint density at radius 2 is 1.94 bits per heavy atom. The number of unbranched alkanes of at least 4 members (excludes halogenated alkanes) is 3. The maximum atomic E-state index is 2.58. The van der Waals surface area contributed by atoms with E-state index in [-0.39, 0.29) is 0 Å². The van der Waals surface area contributed by atoms with Gasteiger partial charge in [0.05, 0.1) is 0 Å². The lowest BCUT2D eigenvalue weighted by Crippen LogP contribution is -2.01. The van der Waals surface area contributed by atoms with Crippen molar-refractivity contribution in [1.29, 1.82) is 0 Å². The van der Waals surface area contributed by atoms with Gasteiger partial charge in [0.2, 0.25) is 0 Å². The third-order valence-corrected chi connectivity index (χ3v) is 3.45. The van der Waals surface area contributed by atoms with Crippen LogP contribution in [0.25, 0.3) is 0 Å².